The molecule has 1 fully saturated rings. The van der Waals surface area contributed by atoms with E-state index in [0.717, 1.165) is 0 Å². The van der Waals surface area contributed by atoms with Crippen LogP contribution >= 0.6 is 0 Å². The normalized spacial score (nSPS) is 16.0. The van der Waals surface area contributed by atoms with E-state index in [4.69, 9.17) is 5.73 Å². The second kappa shape index (κ2) is 6.80. The van der Waals surface area contributed by atoms with Gasteiger partial charge in [0.2, 0.25) is 0 Å². The lowest BCUT2D eigenvalue weighted by molar-refractivity contribution is -0.120. The van der Waals surface area contributed by atoms with Crippen molar-refractivity contribution in [2.24, 2.45) is 10.7 Å². The van der Waals surface area contributed by atoms with E-state index in [1.54, 1.807) is 37.4 Å². The Balaban J connectivity index is 1.69. The Hall–Kier alpha value is -3.09. The second-order valence-corrected chi connectivity index (χ2v) is 5.87. The van der Waals surface area contributed by atoms with E-state index >= 15 is 0 Å². The van der Waals surface area contributed by atoms with E-state index in [-0.39, 0.29) is 5.84 Å². The molecule has 1 aliphatic rings. The fourth-order valence-corrected chi connectivity index (χ4v) is 2.58. The summed E-state index contributed by atoms with van der Waals surface area (Å²) in [6.07, 6.45) is 5.78. The maximum atomic E-state index is 14.0. The summed E-state index contributed by atoms with van der Waals surface area (Å²) in [4.78, 5) is 24.5. The zero-order valence-corrected chi connectivity index (χ0v) is 13.7. The van der Waals surface area contributed by atoms with Gasteiger partial charge in [-0.25, -0.2) is 14.4 Å². The molecule has 0 bridgehead atoms. The Kier molecular flexibility index (Phi) is 4.56. The summed E-state index contributed by atoms with van der Waals surface area (Å²) in [5.41, 5.74) is 5.30. The van der Waals surface area contributed by atoms with Crippen LogP contribution in [0.4, 0.5) is 10.2 Å². The Morgan fingerprint density at radius 1 is 1.36 bits per heavy atom. The van der Waals surface area contributed by atoms with Crippen molar-refractivity contribution in [2.45, 2.75) is 25.2 Å². The monoisotopic (exact) mass is 339 g/mol. The smallest absolute Gasteiger partial charge is 0.258 e. The number of benzene rings is 1. The third-order valence-corrected chi connectivity index (χ3v) is 4.04. The van der Waals surface area contributed by atoms with Gasteiger partial charge in [0.15, 0.2) is 0 Å². The molecular weight excluding hydrogens is 321 g/mol. The van der Waals surface area contributed by atoms with Crippen LogP contribution in [0.15, 0.2) is 53.8 Å². The largest absolute Gasteiger partial charge is 0.384 e. The van der Waals surface area contributed by atoms with Crippen molar-refractivity contribution < 1.29 is 9.18 Å². The molecule has 1 aromatic carbocycles. The average molecular weight is 339 g/mol. The first-order valence-corrected chi connectivity index (χ1v) is 7.88. The third-order valence-electron chi connectivity index (χ3n) is 4.04. The number of halogens is 1. The van der Waals surface area contributed by atoms with E-state index in [9.17, 15) is 9.18 Å². The summed E-state index contributed by atoms with van der Waals surface area (Å²) in [5.74, 6) is 0.477. The van der Waals surface area contributed by atoms with Crippen LogP contribution in [0.3, 0.4) is 0 Å². The van der Waals surface area contributed by atoms with Crippen LogP contribution in [0.5, 0.6) is 0 Å². The van der Waals surface area contributed by atoms with Crippen molar-refractivity contribution in [3.05, 3.63) is 66.0 Å². The number of amidine groups is 1. The van der Waals surface area contributed by atoms with Gasteiger partial charge in [-0.15, -0.1) is 0 Å². The first-order chi connectivity index (χ1) is 12.0. The molecule has 2 aromatic rings. The highest BCUT2D eigenvalue weighted by Gasteiger charge is 2.52. The second-order valence-electron chi connectivity index (χ2n) is 5.87. The number of aromatic nitrogens is 2. The Bertz CT molecular complexity index is 858. The summed E-state index contributed by atoms with van der Waals surface area (Å²) in [6.45, 7) is 1.78. The number of rotatable bonds is 5. The lowest BCUT2D eigenvalue weighted by atomic mass is 9.94. The average Bonchev–Trinajstić information content (AvgIpc) is 3.37. The van der Waals surface area contributed by atoms with Crippen molar-refractivity contribution in [3.8, 4) is 0 Å². The van der Waals surface area contributed by atoms with Crippen molar-refractivity contribution in [3.63, 3.8) is 0 Å². The van der Waals surface area contributed by atoms with Gasteiger partial charge in [-0.3, -0.25) is 4.79 Å². The summed E-state index contributed by atoms with van der Waals surface area (Å²) >= 11 is 0. The highest BCUT2D eigenvalue weighted by molar-refractivity contribution is 6.04. The number of aliphatic imine (C=N–C) groups is 1. The standard InChI is InChI=1S/C18H18FN5O/c1-12-21-11-7-16(23-12)22-10-6-15(20)24-17(25)18(8-9-18)13-4-2-3-5-14(13)19/h2-7,10-11H,8-9H2,1H3,(H2,20,24,25)(H,21,22,23)/b10-6-. The van der Waals surface area contributed by atoms with Gasteiger partial charge in [0.1, 0.15) is 23.3 Å². The Morgan fingerprint density at radius 2 is 2.12 bits per heavy atom. The molecule has 1 heterocycles. The van der Waals surface area contributed by atoms with Gasteiger partial charge in [-0.2, -0.15) is 4.99 Å². The molecule has 0 radical (unpaired) electrons. The molecule has 3 N–H and O–H groups in total. The molecule has 1 saturated carbocycles. The summed E-state index contributed by atoms with van der Waals surface area (Å²) in [6, 6.07) is 7.99. The van der Waals surface area contributed by atoms with Crippen molar-refractivity contribution in [1.29, 1.82) is 0 Å². The molecular formula is C18H18FN5O. The van der Waals surface area contributed by atoms with E-state index in [0.29, 0.717) is 30.0 Å². The van der Waals surface area contributed by atoms with Gasteiger partial charge in [0, 0.05) is 18.0 Å². The first kappa shape index (κ1) is 16.8. The van der Waals surface area contributed by atoms with Crippen LogP contribution in [-0.4, -0.2) is 21.7 Å². The molecule has 0 spiro atoms. The number of aryl methyl sites for hydroxylation is 1. The first-order valence-electron chi connectivity index (χ1n) is 7.88. The van der Waals surface area contributed by atoms with E-state index < -0.39 is 17.1 Å². The molecule has 0 aliphatic heterocycles. The molecule has 6 nitrogen and oxygen atoms in total. The molecule has 0 atom stereocenters. The van der Waals surface area contributed by atoms with Crippen LogP contribution in [-0.2, 0) is 10.2 Å². The topological polar surface area (TPSA) is 93.3 Å². The highest BCUT2D eigenvalue weighted by Crippen LogP contribution is 2.50. The minimum Gasteiger partial charge on any atom is -0.384 e. The fourth-order valence-electron chi connectivity index (χ4n) is 2.58. The maximum Gasteiger partial charge on any atom is 0.258 e. The zero-order valence-electron chi connectivity index (χ0n) is 13.7. The van der Waals surface area contributed by atoms with Gasteiger partial charge < -0.3 is 11.1 Å². The number of amides is 1. The van der Waals surface area contributed by atoms with Gasteiger partial charge in [-0.05, 0) is 38.0 Å². The Labute approximate surface area is 144 Å². The van der Waals surface area contributed by atoms with E-state index in [2.05, 4.69) is 20.3 Å². The predicted octanol–water partition coefficient (Wildman–Crippen LogP) is 2.47. The molecule has 7 heteroatoms. The van der Waals surface area contributed by atoms with Crippen LogP contribution in [0.1, 0.15) is 24.2 Å². The minimum absolute atomic E-state index is 0.0471. The number of anilines is 1. The number of nitrogens with one attached hydrogen (secondary N) is 1. The number of hydrogen-bond acceptors (Lipinski definition) is 4. The minimum atomic E-state index is -0.874. The van der Waals surface area contributed by atoms with Gasteiger partial charge in [0.25, 0.3) is 5.91 Å². The number of carbonyl (C=O) groups is 1. The van der Waals surface area contributed by atoms with Crippen LogP contribution in [0.2, 0.25) is 0 Å². The van der Waals surface area contributed by atoms with Crippen LogP contribution in [0, 0.1) is 12.7 Å². The molecule has 1 aromatic heterocycles. The molecule has 0 saturated heterocycles. The summed E-state index contributed by atoms with van der Waals surface area (Å²) in [5, 5.41) is 2.92. The Morgan fingerprint density at radius 3 is 2.80 bits per heavy atom. The SMILES string of the molecule is Cc1nccc(N/C=C\C(N)=NC(=O)C2(c3ccccc3F)CC2)n1. The van der Waals surface area contributed by atoms with Crippen LogP contribution in [0.25, 0.3) is 0 Å². The zero-order chi connectivity index (χ0) is 17.9. The number of nitrogens with two attached hydrogens (primary N) is 1. The van der Waals surface area contributed by atoms with Crippen molar-refractivity contribution >= 4 is 17.6 Å². The predicted molar refractivity (Wildman–Crippen MR) is 93.5 cm³/mol. The molecule has 25 heavy (non-hydrogen) atoms. The van der Waals surface area contributed by atoms with Gasteiger partial charge in [-0.1, -0.05) is 18.2 Å². The maximum absolute atomic E-state index is 14.0. The summed E-state index contributed by atoms with van der Waals surface area (Å²) < 4.78 is 14.0. The molecule has 128 valence electrons. The number of carbonyl (C=O) groups excluding carboxylic acids is 1. The van der Waals surface area contributed by atoms with E-state index in [1.807, 2.05) is 0 Å². The molecule has 0 unspecified atom stereocenters. The summed E-state index contributed by atoms with van der Waals surface area (Å²) in [7, 11) is 0. The van der Waals surface area contributed by atoms with Gasteiger partial charge in [0.05, 0.1) is 5.41 Å². The quantitative estimate of drug-likeness (QED) is 0.645. The third kappa shape index (κ3) is 3.71. The molecule has 3 rings (SSSR count). The molecule has 1 amide bonds. The van der Waals surface area contributed by atoms with Gasteiger partial charge >= 0.3 is 0 Å². The molecule has 1 aliphatic carbocycles. The fraction of sp³-hybridized carbons (Fsp3) is 0.222. The van der Waals surface area contributed by atoms with Crippen LogP contribution < -0.4 is 11.1 Å². The lowest BCUT2D eigenvalue weighted by Crippen LogP contribution is -2.23. The lowest BCUT2D eigenvalue weighted by Gasteiger charge is -2.12. The number of nitrogens with zero attached hydrogens (tertiary/aromatic N) is 3. The highest BCUT2D eigenvalue weighted by atomic mass is 19.1. The van der Waals surface area contributed by atoms with E-state index in [1.165, 1.54) is 18.3 Å². The van der Waals surface area contributed by atoms with Crippen molar-refractivity contribution in [2.75, 3.05) is 5.32 Å². The van der Waals surface area contributed by atoms with Crippen molar-refractivity contribution in [1.82, 2.24) is 9.97 Å². The number of hydrogen-bond donors (Lipinski definition) is 2.